The number of aryl methyl sites for hydroxylation is 1. The van der Waals surface area contributed by atoms with Crippen LogP contribution in [0.2, 0.25) is 0 Å². The first kappa shape index (κ1) is 16.2. The van der Waals surface area contributed by atoms with Crippen LogP contribution in [0.25, 0.3) is 10.2 Å². The number of rotatable bonds is 5. The number of carbonyl (C=O) groups excluding carboxylic acids is 1. The van der Waals surface area contributed by atoms with Crippen LogP contribution in [0.4, 0.5) is 0 Å². The maximum Gasteiger partial charge on any atom is 0.329 e. The number of hydrogen-bond donors (Lipinski definition) is 1. The predicted octanol–water partition coefficient (Wildman–Crippen LogP) is 1.17. The van der Waals surface area contributed by atoms with E-state index in [1.165, 1.54) is 48.0 Å². The van der Waals surface area contributed by atoms with E-state index in [-0.39, 0.29) is 24.4 Å². The third-order valence-corrected chi connectivity index (χ3v) is 4.57. The smallest absolute Gasteiger partial charge is 0.329 e. The number of nitrogens with zero attached hydrogens (tertiary/aromatic N) is 3. The lowest BCUT2D eigenvalue weighted by molar-refractivity contribution is -0.155. The molecule has 7 nitrogen and oxygen atoms in total. The van der Waals surface area contributed by atoms with Crippen molar-refractivity contribution in [3.63, 3.8) is 0 Å². The first-order valence-corrected chi connectivity index (χ1v) is 7.56. The summed E-state index contributed by atoms with van der Waals surface area (Å²) in [4.78, 5) is 41.5. The Morgan fingerprint density at radius 1 is 1.45 bits per heavy atom. The molecule has 0 atom stereocenters. The van der Waals surface area contributed by atoms with Gasteiger partial charge in [-0.1, -0.05) is 0 Å². The van der Waals surface area contributed by atoms with Crippen molar-refractivity contribution in [1.29, 1.82) is 0 Å². The number of carbonyl (C=O) groups is 2. The highest BCUT2D eigenvalue weighted by atomic mass is 32.1. The Morgan fingerprint density at radius 2 is 2.14 bits per heavy atom. The standard InChI is InChI=1S/C14H17N3O4S/c1-14(2,13(20)21)16(3)10(18)4-6-17-8-15-11-9(12(17)19)5-7-22-11/h5,7-8H,4,6H2,1-3H3,(H,20,21). The Kier molecular flexibility index (Phi) is 4.32. The van der Waals surface area contributed by atoms with E-state index in [0.29, 0.717) is 10.2 Å². The number of hydrogen-bond acceptors (Lipinski definition) is 5. The molecule has 0 aliphatic carbocycles. The second-order valence-corrected chi connectivity index (χ2v) is 6.34. The summed E-state index contributed by atoms with van der Waals surface area (Å²) in [6, 6.07) is 1.70. The van der Waals surface area contributed by atoms with Crippen molar-refractivity contribution in [3.05, 3.63) is 28.1 Å². The van der Waals surface area contributed by atoms with Gasteiger partial charge in [0.05, 0.1) is 11.7 Å². The maximum atomic E-state index is 12.2. The fourth-order valence-electron chi connectivity index (χ4n) is 1.89. The van der Waals surface area contributed by atoms with Crippen molar-refractivity contribution in [3.8, 4) is 0 Å². The van der Waals surface area contributed by atoms with Gasteiger partial charge < -0.3 is 10.0 Å². The highest BCUT2D eigenvalue weighted by Gasteiger charge is 2.34. The van der Waals surface area contributed by atoms with Gasteiger partial charge in [-0.05, 0) is 25.3 Å². The van der Waals surface area contributed by atoms with Crippen LogP contribution in [0.1, 0.15) is 20.3 Å². The van der Waals surface area contributed by atoms with Crippen LogP contribution >= 0.6 is 11.3 Å². The number of thiophene rings is 1. The van der Waals surface area contributed by atoms with Crippen LogP contribution in [0.3, 0.4) is 0 Å². The van der Waals surface area contributed by atoms with Gasteiger partial charge in [0, 0.05) is 20.0 Å². The van der Waals surface area contributed by atoms with Crippen molar-refractivity contribution < 1.29 is 14.7 Å². The van der Waals surface area contributed by atoms with Crippen molar-refractivity contribution in [1.82, 2.24) is 14.5 Å². The van der Waals surface area contributed by atoms with Gasteiger partial charge in [0.1, 0.15) is 10.4 Å². The second kappa shape index (κ2) is 5.88. The second-order valence-electron chi connectivity index (χ2n) is 5.45. The minimum atomic E-state index is -1.29. The zero-order valence-electron chi connectivity index (χ0n) is 12.6. The van der Waals surface area contributed by atoms with E-state index < -0.39 is 11.5 Å². The Bertz CT molecular complexity index is 778. The first-order chi connectivity index (χ1) is 10.2. The first-order valence-electron chi connectivity index (χ1n) is 6.68. The highest BCUT2D eigenvalue weighted by molar-refractivity contribution is 7.16. The molecule has 22 heavy (non-hydrogen) atoms. The van der Waals surface area contributed by atoms with E-state index in [9.17, 15) is 14.4 Å². The third-order valence-electron chi connectivity index (χ3n) is 3.75. The maximum absolute atomic E-state index is 12.2. The van der Waals surface area contributed by atoms with Gasteiger partial charge in [0.25, 0.3) is 5.56 Å². The summed E-state index contributed by atoms with van der Waals surface area (Å²) in [6.07, 6.45) is 1.45. The number of likely N-dealkylation sites (N-methyl/N-ethyl adjacent to an activating group) is 1. The number of aliphatic carboxylic acids is 1. The molecule has 2 rings (SSSR count). The Hall–Kier alpha value is -2.22. The van der Waals surface area contributed by atoms with Crippen molar-refractivity contribution in [2.75, 3.05) is 7.05 Å². The molecule has 0 aliphatic heterocycles. The molecule has 2 aromatic rings. The number of carboxylic acids is 1. The molecule has 8 heteroatoms. The molecule has 2 aromatic heterocycles. The summed E-state index contributed by atoms with van der Waals surface area (Å²) in [5.74, 6) is -1.42. The molecule has 1 amide bonds. The molecule has 0 bridgehead atoms. The molecule has 0 spiro atoms. The lowest BCUT2D eigenvalue weighted by atomic mass is 10.0. The van der Waals surface area contributed by atoms with E-state index in [0.717, 1.165) is 0 Å². The minimum Gasteiger partial charge on any atom is -0.480 e. The van der Waals surface area contributed by atoms with Gasteiger partial charge >= 0.3 is 5.97 Å². The molecule has 118 valence electrons. The fourth-order valence-corrected chi connectivity index (χ4v) is 2.61. The summed E-state index contributed by atoms with van der Waals surface area (Å²) in [5.41, 5.74) is -1.49. The highest BCUT2D eigenvalue weighted by Crippen LogP contribution is 2.15. The molecular formula is C14H17N3O4S. The number of amides is 1. The van der Waals surface area contributed by atoms with Crippen LogP contribution in [0, 0.1) is 0 Å². The summed E-state index contributed by atoms with van der Waals surface area (Å²) in [5, 5.41) is 11.4. The molecule has 0 fully saturated rings. The quantitative estimate of drug-likeness (QED) is 0.891. The van der Waals surface area contributed by atoms with Crippen LogP contribution in [-0.2, 0) is 16.1 Å². The van der Waals surface area contributed by atoms with Gasteiger partial charge in [-0.15, -0.1) is 11.3 Å². The zero-order valence-corrected chi connectivity index (χ0v) is 13.4. The molecule has 0 saturated carbocycles. The Labute approximate surface area is 130 Å². The van der Waals surface area contributed by atoms with Gasteiger partial charge in [0.15, 0.2) is 0 Å². The van der Waals surface area contributed by atoms with E-state index in [4.69, 9.17) is 5.11 Å². The number of aromatic nitrogens is 2. The van der Waals surface area contributed by atoms with Gasteiger partial charge in [-0.3, -0.25) is 14.2 Å². The molecule has 0 aromatic carbocycles. The Balaban J connectivity index is 2.11. The average Bonchev–Trinajstić information content (AvgIpc) is 2.94. The van der Waals surface area contributed by atoms with Crippen LogP contribution in [0.15, 0.2) is 22.6 Å². The molecule has 2 heterocycles. The van der Waals surface area contributed by atoms with E-state index in [1.54, 1.807) is 11.4 Å². The average molecular weight is 323 g/mol. The van der Waals surface area contributed by atoms with Crippen molar-refractivity contribution >= 4 is 33.4 Å². The normalized spacial score (nSPS) is 11.6. The number of fused-ring (bicyclic) bond motifs is 1. The molecular weight excluding hydrogens is 306 g/mol. The van der Waals surface area contributed by atoms with Gasteiger partial charge in [0.2, 0.25) is 5.91 Å². The topological polar surface area (TPSA) is 92.5 Å². The minimum absolute atomic E-state index is 0.0322. The van der Waals surface area contributed by atoms with Crippen molar-refractivity contribution in [2.24, 2.45) is 0 Å². The fraction of sp³-hybridized carbons (Fsp3) is 0.429. The van der Waals surface area contributed by atoms with E-state index >= 15 is 0 Å². The zero-order chi connectivity index (χ0) is 16.5. The predicted molar refractivity (Wildman–Crippen MR) is 83.0 cm³/mol. The monoisotopic (exact) mass is 323 g/mol. The Morgan fingerprint density at radius 3 is 2.77 bits per heavy atom. The van der Waals surface area contributed by atoms with Crippen molar-refractivity contribution in [2.45, 2.75) is 32.4 Å². The van der Waals surface area contributed by atoms with Crippen LogP contribution in [-0.4, -0.2) is 44.0 Å². The summed E-state index contributed by atoms with van der Waals surface area (Å²) in [7, 11) is 1.44. The van der Waals surface area contributed by atoms with Gasteiger partial charge in [-0.25, -0.2) is 9.78 Å². The summed E-state index contributed by atoms with van der Waals surface area (Å²) < 4.78 is 1.37. The molecule has 0 aliphatic rings. The molecule has 0 saturated heterocycles. The van der Waals surface area contributed by atoms with Crippen LogP contribution < -0.4 is 5.56 Å². The van der Waals surface area contributed by atoms with Crippen LogP contribution in [0.5, 0.6) is 0 Å². The number of carboxylic acid groups (broad SMARTS) is 1. The van der Waals surface area contributed by atoms with Gasteiger partial charge in [-0.2, -0.15) is 0 Å². The lowest BCUT2D eigenvalue weighted by Gasteiger charge is -2.31. The third kappa shape index (κ3) is 2.87. The van der Waals surface area contributed by atoms with E-state index in [1.807, 2.05) is 0 Å². The van der Waals surface area contributed by atoms with E-state index in [2.05, 4.69) is 4.98 Å². The summed E-state index contributed by atoms with van der Waals surface area (Å²) >= 11 is 1.38. The largest absolute Gasteiger partial charge is 0.480 e. The molecule has 0 radical (unpaired) electrons. The SMILES string of the molecule is CN(C(=O)CCn1cnc2sccc2c1=O)C(C)(C)C(=O)O. The molecule has 1 N–H and O–H groups in total. The molecule has 0 unspecified atom stereocenters. The summed E-state index contributed by atoms with van der Waals surface area (Å²) in [6.45, 7) is 3.08. The lowest BCUT2D eigenvalue weighted by Crippen LogP contribution is -2.51.